The van der Waals surface area contributed by atoms with Gasteiger partial charge in [0, 0.05) is 12.1 Å². The van der Waals surface area contributed by atoms with Gasteiger partial charge in [-0.05, 0) is 38.5 Å². The molecule has 2 aliphatic carbocycles. The summed E-state index contributed by atoms with van der Waals surface area (Å²) in [5.41, 5.74) is 0. The lowest BCUT2D eigenvalue weighted by atomic mass is 9.89. The SMILES string of the molecule is FC(F)(F)COC1CCC(NC2CCCCC2)CC1. The van der Waals surface area contributed by atoms with Crippen molar-refractivity contribution >= 4 is 0 Å². The van der Waals surface area contributed by atoms with Gasteiger partial charge in [-0.2, -0.15) is 13.2 Å². The quantitative estimate of drug-likeness (QED) is 0.845. The summed E-state index contributed by atoms with van der Waals surface area (Å²) in [6.07, 6.45) is 5.45. The number of nitrogens with one attached hydrogen (secondary N) is 1. The minimum absolute atomic E-state index is 0.203. The summed E-state index contributed by atoms with van der Waals surface area (Å²) >= 11 is 0. The fourth-order valence-corrected chi connectivity index (χ4v) is 3.21. The molecule has 0 radical (unpaired) electrons. The largest absolute Gasteiger partial charge is 0.411 e. The average Bonchev–Trinajstić information content (AvgIpc) is 2.38. The van der Waals surface area contributed by atoms with Crippen LogP contribution in [0.25, 0.3) is 0 Å². The molecule has 0 unspecified atom stereocenters. The van der Waals surface area contributed by atoms with Crippen LogP contribution in [0, 0.1) is 0 Å². The maximum atomic E-state index is 12.1. The predicted octanol–water partition coefficient (Wildman–Crippen LogP) is 3.80. The van der Waals surface area contributed by atoms with Crippen molar-refractivity contribution in [3.63, 3.8) is 0 Å². The Hall–Kier alpha value is -0.290. The molecule has 0 heterocycles. The van der Waals surface area contributed by atoms with Gasteiger partial charge in [0.1, 0.15) is 6.61 Å². The lowest BCUT2D eigenvalue weighted by Crippen LogP contribution is -2.42. The molecule has 0 spiro atoms. The highest BCUT2D eigenvalue weighted by molar-refractivity contribution is 4.82. The lowest BCUT2D eigenvalue weighted by Gasteiger charge is -2.33. The molecule has 2 rings (SSSR count). The molecule has 0 amide bonds. The zero-order valence-corrected chi connectivity index (χ0v) is 11.3. The molecule has 0 aromatic rings. The number of halogens is 3. The van der Waals surface area contributed by atoms with E-state index in [1.807, 2.05) is 0 Å². The summed E-state index contributed by atoms with van der Waals surface area (Å²) in [5.74, 6) is 0. The first-order valence-electron chi connectivity index (χ1n) is 7.47. The van der Waals surface area contributed by atoms with Crippen molar-refractivity contribution in [3.05, 3.63) is 0 Å². The lowest BCUT2D eigenvalue weighted by molar-refractivity contribution is -0.188. The highest BCUT2D eigenvalue weighted by Gasteiger charge is 2.31. The second-order valence-electron chi connectivity index (χ2n) is 5.90. The Morgan fingerprint density at radius 3 is 2.00 bits per heavy atom. The molecule has 0 atom stereocenters. The first-order valence-corrected chi connectivity index (χ1v) is 7.47. The van der Waals surface area contributed by atoms with E-state index in [-0.39, 0.29) is 6.10 Å². The van der Waals surface area contributed by atoms with Crippen LogP contribution in [0.4, 0.5) is 13.2 Å². The highest BCUT2D eigenvalue weighted by Crippen LogP contribution is 2.26. The summed E-state index contributed by atoms with van der Waals surface area (Å²) in [7, 11) is 0. The zero-order chi connectivity index (χ0) is 13.7. The standard InChI is InChI=1S/C14H24F3NO/c15-14(16,17)10-19-13-8-6-12(7-9-13)18-11-4-2-1-3-5-11/h11-13,18H,1-10H2. The first kappa shape index (κ1) is 15.1. The van der Waals surface area contributed by atoms with Gasteiger partial charge in [0.25, 0.3) is 0 Å². The Morgan fingerprint density at radius 2 is 1.42 bits per heavy atom. The van der Waals surface area contributed by atoms with E-state index in [4.69, 9.17) is 4.74 Å². The van der Waals surface area contributed by atoms with E-state index in [9.17, 15) is 13.2 Å². The van der Waals surface area contributed by atoms with E-state index in [0.29, 0.717) is 12.1 Å². The van der Waals surface area contributed by atoms with Gasteiger partial charge in [0.05, 0.1) is 6.10 Å². The van der Waals surface area contributed by atoms with Crippen LogP contribution < -0.4 is 5.32 Å². The van der Waals surface area contributed by atoms with Crippen LogP contribution in [0.1, 0.15) is 57.8 Å². The molecule has 1 N–H and O–H groups in total. The minimum atomic E-state index is -4.20. The maximum absolute atomic E-state index is 12.1. The summed E-state index contributed by atoms with van der Waals surface area (Å²) in [5, 5.41) is 3.67. The average molecular weight is 279 g/mol. The predicted molar refractivity (Wildman–Crippen MR) is 68.1 cm³/mol. The van der Waals surface area contributed by atoms with Gasteiger partial charge in [-0.3, -0.25) is 0 Å². The Kier molecular flexibility index (Phi) is 5.51. The van der Waals surface area contributed by atoms with Crippen LogP contribution in [-0.4, -0.2) is 31.0 Å². The fourth-order valence-electron chi connectivity index (χ4n) is 3.21. The molecule has 0 aliphatic heterocycles. The molecule has 112 valence electrons. The van der Waals surface area contributed by atoms with Crippen molar-refractivity contribution in [1.29, 1.82) is 0 Å². The summed E-state index contributed by atoms with van der Waals surface area (Å²) in [6, 6.07) is 1.11. The molecular weight excluding hydrogens is 255 g/mol. The van der Waals surface area contributed by atoms with Crippen molar-refractivity contribution in [1.82, 2.24) is 5.32 Å². The number of ether oxygens (including phenoxy) is 1. The Balaban J connectivity index is 1.62. The normalized spacial score (nSPS) is 30.5. The third kappa shape index (κ3) is 5.69. The molecular formula is C14H24F3NO. The van der Waals surface area contributed by atoms with Gasteiger partial charge in [0.2, 0.25) is 0 Å². The molecule has 2 aliphatic rings. The maximum Gasteiger partial charge on any atom is 0.411 e. The summed E-state index contributed by atoms with van der Waals surface area (Å²) in [6.45, 7) is -1.10. The highest BCUT2D eigenvalue weighted by atomic mass is 19.4. The summed E-state index contributed by atoms with van der Waals surface area (Å²) < 4.78 is 41.1. The van der Waals surface area contributed by atoms with Gasteiger partial charge >= 0.3 is 6.18 Å². The van der Waals surface area contributed by atoms with Crippen molar-refractivity contribution in [2.45, 2.75) is 82.2 Å². The van der Waals surface area contributed by atoms with Crippen molar-refractivity contribution in [3.8, 4) is 0 Å². The zero-order valence-electron chi connectivity index (χ0n) is 11.3. The van der Waals surface area contributed by atoms with E-state index >= 15 is 0 Å². The number of hydrogen-bond acceptors (Lipinski definition) is 2. The molecule has 2 nitrogen and oxygen atoms in total. The molecule has 5 heteroatoms. The van der Waals surface area contributed by atoms with Gasteiger partial charge in [-0.25, -0.2) is 0 Å². The second kappa shape index (κ2) is 6.93. The molecule has 0 aromatic heterocycles. The molecule has 2 saturated carbocycles. The number of alkyl halides is 3. The van der Waals surface area contributed by atoms with Crippen LogP contribution in [0.3, 0.4) is 0 Å². The Morgan fingerprint density at radius 1 is 0.842 bits per heavy atom. The molecule has 0 aromatic carbocycles. The van der Waals surface area contributed by atoms with Crippen LogP contribution in [0.5, 0.6) is 0 Å². The van der Waals surface area contributed by atoms with Gasteiger partial charge in [-0.15, -0.1) is 0 Å². The molecule has 0 saturated heterocycles. The Labute approximate surface area is 113 Å². The van der Waals surface area contributed by atoms with Crippen LogP contribution >= 0.6 is 0 Å². The molecule has 2 fully saturated rings. The van der Waals surface area contributed by atoms with Crippen LogP contribution in [-0.2, 0) is 4.74 Å². The minimum Gasteiger partial charge on any atom is -0.369 e. The van der Waals surface area contributed by atoms with Gasteiger partial charge < -0.3 is 10.1 Å². The topological polar surface area (TPSA) is 21.3 Å². The third-order valence-electron chi connectivity index (χ3n) is 4.23. The van der Waals surface area contributed by atoms with Crippen molar-refractivity contribution < 1.29 is 17.9 Å². The van der Waals surface area contributed by atoms with Crippen molar-refractivity contribution in [2.24, 2.45) is 0 Å². The van der Waals surface area contributed by atoms with Crippen LogP contribution in [0.15, 0.2) is 0 Å². The van der Waals surface area contributed by atoms with E-state index in [1.54, 1.807) is 0 Å². The van der Waals surface area contributed by atoms with Gasteiger partial charge in [0.15, 0.2) is 0 Å². The van der Waals surface area contributed by atoms with Gasteiger partial charge in [-0.1, -0.05) is 19.3 Å². The van der Waals surface area contributed by atoms with Crippen LogP contribution in [0.2, 0.25) is 0 Å². The fraction of sp³-hybridized carbons (Fsp3) is 1.00. The Bertz CT molecular complexity index is 256. The van der Waals surface area contributed by atoms with E-state index in [1.165, 1.54) is 32.1 Å². The smallest absolute Gasteiger partial charge is 0.369 e. The number of rotatable bonds is 4. The monoisotopic (exact) mass is 279 g/mol. The summed E-state index contributed by atoms with van der Waals surface area (Å²) in [4.78, 5) is 0. The molecule has 19 heavy (non-hydrogen) atoms. The third-order valence-corrected chi connectivity index (χ3v) is 4.23. The van der Waals surface area contributed by atoms with E-state index < -0.39 is 12.8 Å². The van der Waals surface area contributed by atoms with E-state index in [2.05, 4.69) is 5.32 Å². The second-order valence-corrected chi connectivity index (χ2v) is 5.90. The molecule has 0 bridgehead atoms. The first-order chi connectivity index (χ1) is 9.03. The van der Waals surface area contributed by atoms with E-state index in [0.717, 1.165) is 25.7 Å². The number of hydrogen-bond donors (Lipinski definition) is 1. The van der Waals surface area contributed by atoms with Crippen molar-refractivity contribution in [2.75, 3.05) is 6.61 Å².